The number of hydrogen-bond acceptors (Lipinski definition) is 2. The summed E-state index contributed by atoms with van der Waals surface area (Å²) in [5, 5.41) is 0. The van der Waals surface area contributed by atoms with Gasteiger partial charge in [-0.25, -0.2) is 4.57 Å². The lowest BCUT2D eigenvalue weighted by Gasteiger charge is -2.25. The molecule has 0 aromatic rings. The normalized spacial score (nSPS) is 13.9. The number of allylic oxidation sites excluding steroid dienone is 2. The summed E-state index contributed by atoms with van der Waals surface area (Å²) in [7, 11) is 1.98. The standard InChI is InChI=1S/C25H52NO4P/c1-5-6-7-8-9-10-11-12-13-14-15-16-17-18-19-20-22-25(30-31(27,28)29)23-21-24-26(2,3)4/h12-13,25H,5-11,14-24H2,1-4H3,(H-,27,28,29)/p+1/b13-12-. The van der Waals surface area contributed by atoms with Gasteiger partial charge >= 0.3 is 7.82 Å². The molecular formula is C25H53NO4P+. The molecule has 0 saturated carbocycles. The van der Waals surface area contributed by atoms with Gasteiger partial charge in [-0.05, 0) is 44.9 Å². The van der Waals surface area contributed by atoms with Gasteiger partial charge in [-0.3, -0.25) is 4.52 Å². The van der Waals surface area contributed by atoms with E-state index in [2.05, 4.69) is 40.2 Å². The average Bonchev–Trinajstić information content (AvgIpc) is 2.65. The average molecular weight is 463 g/mol. The molecule has 1 unspecified atom stereocenters. The third-order valence-electron chi connectivity index (χ3n) is 5.68. The van der Waals surface area contributed by atoms with Crippen molar-refractivity contribution in [2.75, 3.05) is 27.7 Å². The molecular weight excluding hydrogens is 409 g/mol. The van der Waals surface area contributed by atoms with Crippen LogP contribution in [0.3, 0.4) is 0 Å². The Hall–Kier alpha value is -0.190. The number of rotatable bonds is 22. The van der Waals surface area contributed by atoms with E-state index in [0.29, 0.717) is 6.42 Å². The molecule has 0 aliphatic heterocycles. The van der Waals surface area contributed by atoms with E-state index >= 15 is 0 Å². The maximum Gasteiger partial charge on any atom is 0.469 e. The van der Waals surface area contributed by atoms with Crippen LogP contribution in [-0.2, 0) is 9.09 Å². The van der Waals surface area contributed by atoms with Gasteiger partial charge in [0.1, 0.15) is 0 Å². The van der Waals surface area contributed by atoms with Crippen molar-refractivity contribution in [1.29, 1.82) is 0 Å². The van der Waals surface area contributed by atoms with Crippen molar-refractivity contribution >= 4 is 7.82 Å². The number of phosphoric ester groups is 1. The zero-order chi connectivity index (χ0) is 23.4. The Morgan fingerprint density at radius 3 is 1.68 bits per heavy atom. The van der Waals surface area contributed by atoms with Gasteiger partial charge in [0, 0.05) is 0 Å². The molecule has 0 spiro atoms. The molecule has 0 bridgehead atoms. The highest BCUT2D eigenvalue weighted by Crippen LogP contribution is 2.39. The highest BCUT2D eigenvalue weighted by molar-refractivity contribution is 7.46. The van der Waals surface area contributed by atoms with Crippen molar-refractivity contribution in [3.8, 4) is 0 Å². The molecule has 5 nitrogen and oxygen atoms in total. The lowest BCUT2D eigenvalue weighted by atomic mass is 10.0. The predicted octanol–water partition coefficient (Wildman–Crippen LogP) is 7.38. The topological polar surface area (TPSA) is 66.8 Å². The summed E-state index contributed by atoms with van der Waals surface area (Å²) in [6.45, 7) is 3.24. The number of unbranched alkanes of at least 4 members (excludes halogenated alkanes) is 12. The quantitative estimate of drug-likeness (QED) is 0.0762. The SMILES string of the molecule is CCCCCCCC/C=C\CCCCCCCCC(CCC[N+](C)(C)C)OP(=O)(O)O. The zero-order valence-corrected chi connectivity index (χ0v) is 22.0. The van der Waals surface area contributed by atoms with E-state index in [1.165, 1.54) is 77.0 Å². The minimum atomic E-state index is -4.41. The first-order valence-corrected chi connectivity index (χ1v) is 14.4. The molecule has 0 heterocycles. The summed E-state index contributed by atoms with van der Waals surface area (Å²) < 4.78 is 17.1. The van der Waals surface area contributed by atoms with E-state index in [1.807, 2.05) is 0 Å². The zero-order valence-electron chi connectivity index (χ0n) is 21.1. The Morgan fingerprint density at radius 2 is 1.19 bits per heavy atom. The Balaban J connectivity index is 3.67. The van der Waals surface area contributed by atoms with Crippen molar-refractivity contribution < 1.29 is 23.4 Å². The molecule has 0 fully saturated rings. The second-order valence-corrected chi connectivity index (χ2v) is 11.3. The van der Waals surface area contributed by atoms with Crippen LogP contribution in [-0.4, -0.2) is 48.1 Å². The maximum absolute atomic E-state index is 11.2. The lowest BCUT2D eigenvalue weighted by molar-refractivity contribution is -0.870. The number of phosphoric acid groups is 1. The number of hydrogen-bond donors (Lipinski definition) is 2. The summed E-state index contributed by atoms with van der Waals surface area (Å²) >= 11 is 0. The van der Waals surface area contributed by atoms with Gasteiger partial charge in [0.15, 0.2) is 0 Å². The molecule has 2 N–H and O–H groups in total. The van der Waals surface area contributed by atoms with Crippen LogP contribution >= 0.6 is 7.82 Å². The predicted molar refractivity (Wildman–Crippen MR) is 133 cm³/mol. The van der Waals surface area contributed by atoms with Crippen molar-refractivity contribution in [2.45, 2.75) is 122 Å². The maximum atomic E-state index is 11.2. The van der Waals surface area contributed by atoms with Crippen molar-refractivity contribution in [3.05, 3.63) is 12.2 Å². The first-order valence-electron chi connectivity index (χ1n) is 12.8. The molecule has 0 aliphatic rings. The van der Waals surface area contributed by atoms with Gasteiger partial charge in [-0.2, -0.15) is 0 Å². The summed E-state index contributed by atoms with van der Waals surface area (Å²) in [6, 6.07) is 0. The van der Waals surface area contributed by atoms with Crippen LogP contribution in [0.1, 0.15) is 116 Å². The van der Waals surface area contributed by atoms with Crippen LogP contribution in [0.4, 0.5) is 0 Å². The summed E-state index contributed by atoms with van der Waals surface area (Å²) in [5.74, 6) is 0. The van der Waals surface area contributed by atoms with Gasteiger partial charge in [-0.15, -0.1) is 0 Å². The monoisotopic (exact) mass is 462 g/mol. The minimum Gasteiger partial charge on any atom is -0.331 e. The Morgan fingerprint density at radius 1 is 0.742 bits per heavy atom. The highest BCUT2D eigenvalue weighted by Gasteiger charge is 2.22. The van der Waals surface area contributed by atoms with E-state index < -0.39 is 7.82 Å². The summed E-state index contributed by atoms with van der Waals surface area (Å²) in [4.78, 5) is 18.3. The molecule has 0 rings (SSSR count). The third-order valence-corrected chi connectivity index (χ3v) is 6.25. The number of nitrogens with zero attached hydrogens (tertiary/aromatic N) is 1. The van der Waals surface area contributed by atoms with Gasteiger partial charge in [0.25, 0.3) is 0 Å². The van der Waals surface area contributed by atoms with Gasteiger partial charge < -0.3 is 14.3 Å². The van der Waals surface area contributed by atoms with Crippen molar-refractivity contribution in [3.63, 3.8) is 0 Å². The minimum absolute atomic E-state index is 0.329. The molecule has 186 valence electrons. The number of quaternary nitrogens is 1. The molecule has 0 aliphatic carbocycles. The van der Waals surface area contributed by atoms with Gasteiger partial charge in [-0.1, -0.05) is 83.3 Å². The summed E-state index contributed by atoms with van der Waals surface area (Å²) in [5.41, 5.74) is 0. The van der Waals surface area contributed by atoms with Crippen molar-refractivity contribution in [1.82, 2.24) is 0 Å². The van der Waals surface area contributed by atoms with Crippen LogP contribution < -0.4 is 0 Å². The largest absolute Gasteiger partial charge is 0.469 e. The van der Waals surface area contributed by atoms with E-state index in [4.69, 9.17) is 14.3 Å². The van der Waals surface area contributed by atoms with Crippen LogP contribution in [0.2, 0.25) is 0 Å². The first-order chi connectivity index (χ1) is 14.6. The molecule has 1 atom stereocenters. The molecule has 31 heavy (non-hydrogen) atoms. The smallest absolute Gasteiger partial charge is 0.331 e. The third kappa shape index (κ3) is 25.9. The fourth-order valence-electron chi connectivity index (χ4n) is 3.86. The summed E-state index contributed by atoms with van der Waals surface area (Å²) in [6.07, 6.45) is 24.5. The van der Waals surface area contributed by atoms with Crippen LogP contribution in [0, 0.1) is 0 Å². The van der Waals surface area contributed by atoms with E-state index in [9.17, 15) is 4.57 Å². The molecule has 0 amide bonds. The van der Waals surface area contributed by atoms with Gasteiger partial charge in [0.2, 0.25) is 0 Å². The van der Waals surface area contributed by atoms with Crippen LogP contribution in [0.5, 0.6) is 0 Å². The van der Waals surface area contributed by atoms with Crippen molar-refractivity contribution in [2.24, 2.45) is 0 Å². The highest BCUT2D eigenvalue weighted by atomic mass is 31.2. The van der Waals surface area contributed by atoms with Crippen LogP contribution in [0.25, 0.3) is 0 Å². The molecule has 0 aromatic carbocycles. The Labute approximate surface area is 193 Å². The second kappa shape index (κ2) is 19.3. The van der Waals surface area contributed by atoms with Gasteiger partial charge in [0.05, 0.1) is 33.8 Å². The molecule has 0 radical (unpaired) electrons. The molecule has 6 heteroatoms. The van der Waals surface area contributed by atoms with E-state index in [0.717, 1.165) is 36.7 Å². The lowest BCUT2D eigenvalue weighted by Crippen LogP contribution is -2.35. The van der Waals surface area contributed by atoms with Crippen LogP contribution in [0.15, 0.2) is 12.2 Å². The van der Waals surface area contributed by atoms with E-state index in [-0.39, 0.29) is 6.10 Å². The Bertz CT molecular complexity index is 471. The molecule has 0 saturated heterocycles. The fraction of sp³-hybridized carbons (Fsp3) is 0.920. The molecule has 0 aromatic heterocycles. The van der Waals surface area contributed by atoms with E-state index in [1.54, 1.807) is 0 Å². The Kier molecular flexibility index (Phi) is 19.2. The second-order valence-electron chi connectivity index (χ2n) is 10.1. The first kappa shape index (κ1) is 30.8. The fourth-order valence-corrected chi connectivity index (χ4v) is 4.46.